The number of piperidine rings is 1. The van der Waals surface area contributed by atoms with Gasteiger partial charge in [-0.25, -0.2) is 0 Å². The molecule has 0 aliphatic carbocycles. The fraction of sp³-hybridized carbons (Fsp3) is 1.00. The average Bonchev–Trinajstić information content (AvgIpc) is 2.64. The number of nitrogens with zero attached hydrogens (tertiary/aromatic N) is 1. The van der Waals surface area contributed by atoms with Gasteiger partial charge in [0.25, 0.3) is 0 Å². The summed E-state index contributed by atoms with van der Waals surface area (Å²) in [4.78, 5) is 2.24. The number of hydrogen-bond donors (Lipinski definition) is 1. The molecule has 0 aromatic rings. The van der Waals surface area contributed by atoms with Crippen molar-refractivity contribution in [1.82, 2.24) is 10.2 Å². The minimum atomic E-state index is -4.50. The molecule has 2 fully saturated rings. The van der Waals surface area contributed by atoms with Gasteiger partial charge in [-0.2, -0.15) is 0 Å². The Morgan fingerprint density at radius 3 is 2.50 bits per heavy atom. The Kier molecular flexibility index (Phi) is 6.11. The molecular weight excluding hydrogens is 269 g/mol. The van der Waals surface area contributed by atoms with Crippen molar-refractivity contribution >= 4 is 0 Å². The van der Waals surface area contributed by atoms with Gasteiger partial charge in [0, 0.05) is 12.6 Å². The van der Waals surface area contributed by atoms with Crippen LogP contribution in [0.3, 0.4) is 0 Å². The molecule has 1 atom stereocenters. The van der Waals surface area contributed by atoms with Gasteiger partial charge in [-0.3, -0.25) is 9.64 Å². The zero-order chi connectivity index (χ0) is 14.4. The van der Waals surface area contributed by atoms with E-state index in [1.165, 1.54) is 12.8 Å². The molecule has 0 saturated carbocycles. The maximum absolute atomic E-state index is 12.1. The van der Waals surface area contributed by atoms with Crippen LogP contribution in [0, 0.1) is 5.92 Å². The Balaban J connectivity index is 1.87. The van der Waals surface area contributed by atoms with Gasteiger partial charge in [-0.15, -0.1) is 13.2 Å². The third kappa shape index (κ3) is 5.22. The molecule has 20 heavy (non-hydrogen) atoms. The highest BCUT2D eigenvalue weighted by Crippen LogP contribution is 2.28. The van der Waals surface area contributed by atoms with Gasteiger partial charge >= 0.3 is 6.36 Å². The normalized spacial score (nSPS) is 27.4. The van der Waals surface area contributed by atoms with Crippen molar-refractivity contribution in [2.24, 2.45) is 5.92 Å². The van der Waals surface area contributed by atoms with Crippen LogP contribution >= 0.6 is 0 Å². The van der Waals surface area contributed by atoms with Crippen LogP contribution in [-0.4, -0.2) is 50.1 Å². The number of nitrogens with one attached hydrogen (secondary N) is 1. The molecular formula is C14H25F3N2O. The Bertz CT molecular complexity index is 280. The molecule has 0 aromatic carbocycles. The second-order valence-corrected chi connectivity index (χ2v) is 5.83. The van der Waals surface area contributed by atoms with E-state index in [2.05, 4.69) is 15.0 Å². The molecule has 1 unspecified atom stereocenters. The Morgan fingerprint density at radius 1 is 1.05 bits per heavy atom. The van der Waals surface area contributed by atoms with E-state index in [0.717, 1.165) is 45.3 Å². The molecule has 2 heterocycles. The van der Waals surface area contributed by atoms with Crippen LogP contribution in [0.15, 0.2) is 0 Å². The van der Waals surface area contributed by atoms with E-state index in [1.807, 2.05) is 0 Å². The van der Waals surface area contributed by atoms with Crippen molar-refractivity contribution in [3.05, 3.63) is 0 Å². The molecule has 118 valence electrons. The molecule has 0 bridgehead atoms. The highest BCUT2D eigenvalue weighted by Gasteiger charge is 2.32. The number of halogens is 3. The van der Waals surface area contributed by atoms with Crippen molar-refractivity contribution in [3.63, 3.8) is 0 Å². The quantitative estimate of drug-likeness (QED) is 0.863. The largest absolute Gasteiger partial charge is 0.522 e. The van der Waals surface area contributed by atoms with Gasteiger partial charge in [0.05, 0.1) is 6.61 Å². The minimum absolute atomic E-state index is 0.245. The zero-order valence-electron chi connectivity index (χ0n) is 11.9. The first-order valence-electron chi connectivity index (χ1n) is 7.72. The number of likely N-dealkylation sites (tertiary alicyclic amines) is 1. The molecule has 1 N–H and O–H groups in total. The Hall–Kier alpha value is -0.330. The third-order valence-electron chi connectivity index (χ3n) is 4.49. The summed E-state index contributed by atoms with van der Waals surface area (Å²) in [6, 6.07) is 0.441. The van der Waals surface area contributed by atoms with Crippen LogP contribution in [0.5, 0.6) is 0 Å². The maximum atomic E-state index is 12.1. The monoisotopic (exact) mass is 294 g/mol. The van der Waals surface area contributed by atoms with E-state index in [1.54, 1.807) is 0 Å². The lowest BCUT2D eigenvalue weighted by Crippen LogP contribution is -2.45. The molecule has 6 heteroatoms. The van der Waals surface area contributed by atoms with Crippen LogP contribution in [0.2, 0.25) is 0 Å². The molecule has 2 aliphatic heterocycles. The smallest absolute Gasteiger partial charge is 0.317 e. The molecule has 0 aromatic heterocycles. The summed E-state index contributed by atoms with van der Waals surface area (Å²) in [7, 11) is 0. The second kappa shape index (κ2) is 7.61. The third-order valence-corrected chi connectivity index (χ3v) is 4.49. The van der Waals surface area contributed by atoms with E-state index in [9.17, 15) is 13.2 Å². The summed E-state index contributed by atoms with van der Waals surface area (Å²) >= 11 is 0. The molecule has 2 saturated heterocycles. The van der Waals surface area contributed by atoms with Gasteiger partial charge < -0.3 is 5.32 Å². The Morgan fingerprint density at radius 2 is 1.80 bits per heavy atom. The number of alkyl halides is 3. The van der Waals surface area contributed by atoms with Crippen LogP contribution < -0.4 is 5.32 Å². The second-order valence-electron chi connectivity index (χ2n) is 5.83. The fourth-order valence-electron chi connectivity index (χ4n) is 3.51. The van der Waals surface area contributed by atoms with Gasteiger partial charge in [-0.1, -0.05) is 12.8 Å². The summed E-state index contributed by atoms with van der Waals surface area (Å²) in [5, 5.41) is 3.36. The van der Waals surface area contributed by atoms with E-state index < -0.39 is 6.36 Å². The lowest BCUT2D eigenvalue weighted by Gasteiger charge is -2.38. The summed E-state index contributed by atoms with van der Waals surface area (Å²) in [6.45, 7) is 3.14. The van der Waals surface area contributed by atoms with Crippen molar-refractivity contribution < 1.29 is 17.9 Å². The van der Waals surface area contributed by atoms with E-state index >= 15 is 0 Å². The topological polar surface area (TPSA) is 24.5 Å². The van der Waals surface area contributed by atoms with Crippen LogP contribution in [0.25, 0.3) is 0 Å². The van der Waals surface area contributed by atoms with Gasteiger partial charge in [0.1, 0.15) is 0 Å². The highest BCUT2D eigenvalue weighted by molar-refractivity contribution is 4.84. The van der Waals surface area contributed by atoms with Crippen LogP contribution in [0.1, 0.15) is 38.5 Å². The lowest BCUT2D eigenvalue weighted by molar-refractivity contribution is -0.325. The first-order chi connectivity index (χ1) is 9.56. The Labute approximate surface area is 118 Å². The minimum Gasteiger partial charge on any atom is -0.317 e. The average molecular weight is 294 g/mol. The van der Waals surface area contributed by atoms with Gasteiger partial charge in [0.2, 0.25) is 0 Å². The molecule has 0 radical (unpaired) electrons. The molecule has 2 rings (SSSR count). The van der Waals surface area contributed by atoms with Crippen molar-refractivity contribution in [2.45, 2.75) is 50.9 Å². The molecule has 3 nitrogen and oxygen atoms in total. The maximum Gasteiger partial charge on any atom is 0.522 e. The first-order valence-corrected chi connectivity index (χ1v) is 7.72. The van der Waals surface area contributed by atoms with Crippen molar-refractivity contribution in [3.8, 4) is 0 Å². The number of rotatable bonds is 4. The standard InChI is InChI=1S/C14H25F3N2O/c15-14(16,17)20-11-10-19-9-3-1-2-4-13(19)12-5-7-18-8-6-12/h12-13,18H,1-11H2. The predicted molar refractivity (Wildman–Crippen MR) is 71.4 cm³/mol. The molecule has 0 amide bonds. The summed E-state index contributed by atoms with van der Waals surface area (Å²) < 4.78 is 40.2. The van der Waals surface area contributed by atoms with E-state index in [-0.39, 0.29) is 6.61 Å². The molecule has 0 spiro atoms. The van der Waals surface area contributed by atoms with Crippen molar-refractivity contribution in [1.29, 1.82) is 0 Å². The summed E-state index contributed by atoms with van der Waals surface area (Å²) in [6.07, 6.45) is 2.38. The SMILES string of the molecule is FC(F)(F)OCCN1CCCCCC1C1CCNCC1. The summed E-state index contributed by atoms with van der Waals surface area (Å²) in [5.41, 5.74) is 0. The van der Waals surface area contributed by atoms with Crippen LogP contribution in [0.4, 0.5) is 13.2 Å². The van der Waals surface area contributed by atoms with E-state index in [4.69, 9.17) is 0 Å². The van der Waals surface area contributed by atoms with Crippen LogP contribution in [-0.2, 0) is 4.74 Å². The number of hydrogen-bond acceptors (Lipinski definition) is 3. The molecule has 2 aliphatic rings. The number of ether oxygens (including phenoxy) is 1. The van der Waals surface area contributed by atoms with Gasteiger partial charge in [0.15, 0.2) is 0 Å². The summed E-state index contributed by atoms with van der Waals surface area (Å²) in [5.74, 6) is 0.625. The van der Waals surface area contributed by atoms with Crippen molar-refractivity contribution in [2.75, 3.05) is 32.8 Å². The fourth-order valence-corrected chi connectivity index (χ4v) is 3.51. The zero-order valence-corrected chi connectivity index (χ0v) is 11.9. The predicted octanol–water partition coefficient (Wildman–Crippen LogP) is 2.77. The first kappa shape index (κ1) is 16.0. The van der Waals surface area contributed by atoms with Gasteiger partial charge in [-0.05, 0) is 51.2 Å². The van der Waals surface area contributed by atoms with E-state index in [0.29, 0.717) is 18.5 Å². The lowest BCUT2D eigenvalue weighted by atomic mass is 9.87. The highest BCUT2D eigenvalue weighted by atomic mass is 19.4.